The van der Waals surface area contributed by atoms with Crippen molar-refractivity contribution in [1.82, 2.24) is 15.2 Å². The fourth-order valence-electron chi connectivity index (χ4n) is 2.91. The molecule has 1 aliphatic heterocycles. The summed E-state index contributed by atoms with van der Waals surface area (Å²) in [4.78, 5) is 11.3. The smallest absolute Gasteiger partial charge is 0.194 e. The van der Waals surface area contributed by atoms with Gasteiger partial charge in [0.1, 0.15) is 5.01 Å². The number of nitrogens with zero attached hydrogens (tertiary/aromatic N) is 3. The van der Waals surface area contributed by atoms with E-state index in [0.29, 0.717) is 5.41 Å². The van der Waals surface area contributed by atoms with Gasteiger partial charge in [-0.1, -0.05) is 13.8 Å². The van der Waals surface area contributed by atoms with Gasteiger partial charge in [-0.2, -0.15) is 0 Å². The molecule has 21 heavy (non-hydrogen) atoms. The van der Waals surface area contributed by atoms with E-state index in [-0.39, 0.29) is 24.0 Å². The standard InChI is InChI=1S/C15H26N4S.HI/c1-5-15(6-2)7-8-19(11-15)14(16-4)17-9-13-18-12(3)10-20-13;/h10H,5-9,11H2,1-4H3,(H,16,17);1H. The van der Waals surface area contributed by atoms with Crippen molar-refractivity contribution in [3.8, 4) is 0 Å². The molecule has 0 aromatic carbocycles. The van der Waals surface area contributed by atoms with Crippen molar-refractivity contribution in [2.45, 2.75) is 46.6 Å². The lowest BCUT2D eigenvalue weighted by Crippen LogP contribution is -2.40. The number of aliphatic imine (C=N–C) groups is 1. The highest BCUT2D eigenvalue weighted by Crippen LogP contribution is 2.36. The topological polar surface area (TPSA) is 40.5 Å². The molecule has 0 bridgehead atoms. The normalized spacial score (nSPS) is 17.7. The van der Waals surface area contributed by atoms with Gasteiger partial charge in [0, 0.05) is 31.2 Å². The fourth-order valence-corrected chi connectivity index (χ4v) is 3.63. The molecule has 0 unspecified atom stereocenters. The third-order valence-electron chi connectivity index (χ3n) is 4.51. The van der Waals surface area contributed by atoms with Crippen molar-refractivity contribution in [3.63, 3.8) is 0 Å². The lowest BCUT2D eigenvalue weighted by molar-refractivity contribution is 0.276. The summed E-state index contributed by atoms with van der Waals surface area (Å²) < 4.78 is 0. The molecule has 2 rings (SSSR count). The number of guanidine groups is 1. The first kappa shape index (κ1) is 18.7. The molecule has 6 heteroatoms. The first-order valence-electron chi connectivity index (χ1n) is 7.49. The zero-order valence-corrected chi connectivity index (χ0v) is 16.6. The highest BCUT2D eigenvalue weighted by atomic mass is 127. The summed E-state index contributed by atoms with van der Waals surface area (Å²) in [5.74, 6) is 1.02. The van der Waals surface area contributed by atoms with E-state index in [9.17, 15) is 0 Å². The Kier molecular flexibility index (Phi) is 7.39. The maximum absolute atomic E-state index is 4.49. The number of rotatable bonds is 4. The average Bonchev–Trinajstić information content (AvgIpc) is 3.07. The van der Waals surface area contributed by atoms with Gasteiger partial charge < -0.3 is 10.2 Å². The molecular weight excluding hydrogens is 395 g/mol. The Labute approximate surface area is 149 Å². The van der Waals surface area contributed by atoms with Crippen LogP contribution in [0.3, 0.4) is 0 Å². The second kappa shape index (κ2) is 8.31. The Hall–Kier alpha value is -0.370. The van der Waals surface area contributed by atoms with Crippen LogP contribution in [-0.2, 0) is 6.54 Å². The summed E-state index contributed by atoms with van der Waals surface area (Å²) in [6.45, 7) is 9.65. The minimum Gasteiger partial charge on any atom is -0.350 e. The Balaban J connectivity index is 0.00000220. The van der Waals surface area contributed by atoms with E-state index >= 15 is 0 Å². The summed E-state index contributed by atoms with van der Waals surface area (Å²) >= 11 is 1.71. The monoisotopic (exact) mass is 422 g/mol. The molecular formula is C15H27IN4S. The van der Waals surface area contributed by atoms with Crippen LogP contribution >= 0.6 is 35.3 Å². The van der Waals surface area contributed by atoms with Crippen molar-refractivity contribution in [2.75, 3.05) is 20.1 Å². The van der Waals surface area contributed by atoms with Crippen LogP contribution in [0.15, 0.2) is 10.4 Å². The van der Waals surface area contributed by atoms with Crippen LogP contribution < -0.4 is 5.32 Å². The number of aryl methyl sites for hydroxylation is 1. The Morgan fingerprint density at radius 1 is 1.48 bits per heavy atom. The third kappa shape index (κ3) is 4.55. The molecule has 0 spiro atoms. The molecule has 1 N–H and O–H groups in total. The summed E-state index contributed by atoms with van der Waals surface area (Å²) in [6.07, 6.45) is 3.78. The quantitative estimate of drug-likeness (QED) is 0.458. The molecule has 1 fully saturated rings. The minimum absolute atomic E-state index is 0. The number of halogens is 1. The second-order valence-electron chi connectivity index (χ2n) is 5.66. The summed E-state index contributed by atoms with van der Waals surface area (Å²) in [5.41, 5.74) is 1.58. The summed E-state index contributed by atoms with van der Waals surface area (Å²) in [7, 11) is 1.87. The van der Waals surface area contributed by atoms with Gasteiger partial charge in [-0.3, -0.25) is 4.99 Å². The fraction of sp³-hybridized carbons (Fsp3) is 0.733. The summed E-state index contributed by atoms with van der Waals surface area (Å²) in [6, 6.07) is 0. The lowest BCUT2D eigenvalue weighted by Gasteiger charge is -2.27. The first-order chi connectivity index (χ1) is 9.62. The van der Waals surface area contributed by atoms with Gasteiger partial charge in [0.25, 0.3) is 0 Å². The summed E-state index contributed by atoms with van der Waals surface area (Å²) in [5, 5.41) is 6.67. The van der Waals surface area contributed by atoms with Crippen molar-refractivity contribution in [2.24, 2.45) is 10.4 Å². The van der Waals surface area contributed by atoms with Gasteiger partial charge in [-0.25, -0.2) is 4.98 Å². The number of hydrogen-bond donors (Lipinski definition) is 1. The van der Waals surface area contributed by atoms with Gasteiger partial charge in [0.15, 0.2) is 5.96 Å². The van der Waals surface area contributed by atoms with Gasteiger partial charge in [-0.15, -0.1) is 35.3 Å². The van der Waals surface area contributed by atoms with Crippen LogP contribution in [-0.4, -0.2) is 36.0 Å². The molecule has 1 saturated heterocycles. The third-order valence-corrected chi connectivity index (χ3v) is 5.48. The van der Waals surface area contributed by atoms with E-state index in [2.05, 4.69) is 39.4 Å². The molecule has 1 aliphatic rings. The molecule has 1 aromatic rings. The van der Waals surface area contributed by atoms with Crippen LogP contribution in [0.4, 0.5) is 0 Å². The van der Waals surface area contributed by atoms with Crippen molar-refractivity contribution >= 4 is 41.3 Å². The van der Waals surface area contributed by atoms with Gasteiger partial charge in [0.05, 0.1) is 6.54 Å². The largest absolute Gasteiger partial charge is 0.350 e. The van der Waals surface area contributed by atoms with E-state index in [1.54, 1.807) is 11.3 Å². The minimum atomic E-state index is 0. The zero-order valence-electron chi connectivity index (χ0n) is 13.5. The van der Waals surface area contributed by atoms with Crippen LogP contribution in [0.25, 0.3) is 0 Å². The van der Waals surface area contributed by atoms with Crippen LogP contribution in [0.5, 0.6) is 0 Å². The van der Waals surface area contributed by atoms with Crippen molar-refractivity contribution < 1.29 is 0 Å². The molecule has 120 valence electrons. The number of hydrogen-bond acceptors (Lipinski definition) is 3. The number of thiazole rings is 1. The van der Waals surface area contributed by atoms with E-state index in [1.165, 1.54) is 19.3 Å². The molecule has 4 nitrogen and oxygen atoms in total. The van der Waals surface area contributed by atoms with Crippen LogP contribution in [0.1, 0.15) is 43.8 Å². The molecule has 0 atom stereocenters. The van der Waals surface area contributed by atoms with E-state index in [1.807, 2.05) is 14.0 Å². The SMILES string of the molecule is CCC1(CC)CCN(C(=NC)NCc2nc(C)cs2)C1.I. The molecule has 0 aliphatic carbocycles. The van der Waals surface area contributed by atoms with Crippen molar-refractivity contribution in [3.05, 3.63) is 16.1 Å². The lowest BCUT2D eigenvalue weighted by atomic mass is 9.82. The van der Waals surface area contributed by atoms with Crippen LogP contribution in [0, 0.1) is 12.3 Å². The van der Waals surface area contributed by atoms with Gasteiger partial charge in [-0.05, 0) is 31.6 Å². The average molecular weight is 422 g/mol. The second-order valence-corrected chi connectivity index (χ2v) is 6.60. The van der Waals surface area contributed by atoms with Gasteiger partial charge >= 0.3 is 0 Å². The highest BCUT2D eigenvalue weighted by Gasteiger charge is 2.36. The Morgan fingerprint density at radius 3 is 2.67 bits per heavy atom. The predicted molar refractivity (Wildman–Crippen MR) is 102 cm³/mol. The Morgan fingerprint density at radius 2 is 2.19 bits per heavy atom. The number of aromatic nitrogens is 1. The number of likely N-dealkylation sites (tertiary alicyclic amines) is 1. The zero-order chi connectivity index (χ0) is 14.6. The Bertz CT molecular complexity index is 468. The molecule has 0 saturated carbocycles. The molecule has 0 amide bonds. The van der Waals surface area contributed by atoms with Crippen LogP contribution in [0.2, 0.25) is 0 Å². The molecule has 1 aromatic heterocycles. The van der Waals surface area contributed by atoms with E-state index in [0.717, 1.165) is 36.3 Å². The van der Waals surface area contributed by atoms with Crippen molar-refractivity contribution in [1.29, 1.82) is 0 Å². The van der Waals surface area contributed by atoms with E-state index in [4.69, 9.17) is 0 Å². The molecule has 0 radical (unpaired) electrons. The first-order valence-corrected chi connectivity index (χ1v) is 8.37. The predicted octanol–water partition coefficient (Wildman–Crippen LogP) is 3.66. The molecule has 2 heterocycles. The highest BCUT2D eigenvalue weighted by molar-refractivity contribution is 14.0. The maximum atomic E-state index is 4.49. The van der Waals surface area contributed by atoms with Gasteiger partial charge in [0.2, 0.25) is 0 Å². The van der Waals surface area contributed by atoms with E-state index < -0.39 is 0 Å². The maximum Gasteiger partial charge on any atom is 0.194 e. The number of nitrogens with one attached hydrogen (secondary N) is 1.